The van der Waals surface area contributed by atoms with Crippen LogP contribution in [0.25, 0.3) is 5.65 Å². The largest absolute Gasteiger partial charge is 0.232 e. The lowest BCUT2D eigenvalue weighted by molar-refractivity contribution is 0.887. The zero-order chi connectivity index (χ0) is 15.9. The normalized spacial score (nSPS) is 10.9. The number of rotatable bonds is 2. The molecule has 0 aliphatic rings. The molecule has 22 heavy (non-hydrogen) atoms. The first kappa shape index (κ1) is 14.8. The summed E-state index contributed by atoms with van der Waals surface area (Å²) in [5.41, 5.74) is 4.36. The number of fused-ring (bicyclic) bond motifs is 1. The molecule has 0 aliphatic heterocycles. The highest BCUT2D eigenvalue weighted by Gasteiger charge is 2.17. The molecule has 0 atom stereocenters. The number of nitriles is 1. The number of hydrogen-bond acceptors (Lipinski definition) is 3. The Morgan fingerprint density at radius 1 is 1.14 bits per heavy atom. The van der Waals surface area contributed by atoms with Gasteiger partial charge in [0.1, 0.15) is 16.8 Å². The summed E-state index contributed by atoms with van der Waals surface area (Å²) in [6, 6.07) is 9.73. The van der Waals surface area contributed by atoms with E-state index in [9.17, 15) is 5.26 Å². The molecule has 0 fully saturated rings. The SMILES string of the molecule is Cc1nc2c(C#N)c(C)nn2c(Cl)c1Cc1ccc(Cl)cc1. The van der Waals surface area contributed by atoms with Crippen LogP contribution in [0.3, 0.4) is 0 Å². The van der Waals surface area contributed by atoms with E-state index in [0.29, 0.717) is 33.5 Å². The molecule has 2 aromatic heterocycles. The number of benzene rings is 1. The molecule has 110 valence electrons. The lowest BCUT2D eigenvalue weighted by Gasteiger charge is -2.09. The minimum atomic E-state index is 0.461. The van der Waals surface area contributed by atoms with Crippen LogP contribution in [0.15, 0.2) is 24.3 Å². The molecule has 3 aromatic rings. The molecule has 3 rings (SSSR count). The Balaban J connectivity index is 2.14. The Bertz CT molecular complexity index is 905. The maximum atomic E-state index is 9.22. The maximum absolute atomic E-state index is 9.22. The average molecular weight is 331 g/mol. The Morgan fingerprint density at radius 3 is 2.45 bits per heavy atom. The molecule has 2 heterocycles. The monoisotopic (exact) mass is 330 g/mol. The Labute approximate surface area is 137 Å². The molecule has 0 radical (unpaired) electrons. The van der Waals surface area contributed by atoms with E-state index in [1.54, 1.807) is 6.92 Å². The van der Waals surface area contributed by atoms with E-state index in [-0.39, 0.29) is 0 Å². The van der Waals surface area contributed by atoms with E-state index in [2.05, 4.69) is 16.2 Å². The quantitative estimate of drug-likeness (QED) is 0.664. The number of halogens is 2. The number of hydrogen-bond donors (Lipinski definition) is 0. The number of nitrogens with zero attached hydrogens (tertiary/aromatic N) is 4. The van der Waals surface area contributed by atoms with Crippen LogP contribution in [0, 0.1) is 25.2 Å². The second-order valence-corrected chi connectivity index (χ2v) is 5.87. The van der Waals surface area contributed by atoms with Gasteiger partial charge in [-0.05, 0) is 31.5 Å². The Kier molecular flexibility index (Phi) is 3.78. The van der Waals surface area contributed by atoms with E-state index < -0.39 is 0 Å². The van der Waals surface area contributed by atoms with Gasteiger partial charge in [0.05, 0.1) is 5.69 Å². The third kappa shape index (κ3) is 2.43. The van der Waals surface area contributed by atoms with Crippen molar-refractivity contribution in [1.29, 1.82) is 5.26 Å². The lowest BCUT2D eigenvalue weighted by atomic mass is 10.1. The van der Waals surface area contributed by atoms with Gasteiger partial charge in [-0.1, -0.05) is 35.3 Å². The molecular formula is C16H12Cl2N4. The van der Waals surface area contributed by atoms with Crippen LogP contribution in [0.1, 0.15) is 28.1 Å². The van der Waals surface area contributed by atoms with Crippen LogP contribution in [-0.4, -0.2) is 14.6 Å². The zero-order valence-corrected chi connectivity index (χ0v) is 13.6. The second kappa shape index (κ2) is 5.60. The van der Waals surface area contributed by atoms with Crippen LogP contribution < -0.4 is 0 Å². The molecule has 0 saturated carbocycles. The highest BCUT2D eigenvalue weighted by Crippen LogP contribution is 2.26. The summed E-state index contributed by atoms with van der Waals surface area (Å²) in [6.45, 7) is 3.67. The molecule has 4 nitrogen and oxygen atoms in total. The van der Waals surface area contributed by atoms with Crippen molar-refractivity contribution in [3.8, 4) is 6.07 Å². The summed E-state index contributed by atoms with van der Waals surface area (Å²) in [7, 11) is 0. The van der Waals surface area contributed by atoms with Gasteiger partial charge >= 0.3 is 0 Å². The van der Waals surface area contributed by atoms with Gasteiger partial charge < -0.3 is 0 Å². The molecule has 0 spiro atoms. The van der Waals surface area contributed by atoms with Crippen LogP contribution >= 0.6 is 23.2 Å². The molecule has 6 heteroatoms. The summed E-state index contributed by atoms with van der Waals surface area (Å²) in [5.74, 6) is 0. The molecule has 0 unspecified atom stereocenters. The van der Waals surface area contributed by atoms with E-state index in [1.807, 2.05) is 31.2 Å². The summed E-state index contributed by atoms with van der Waals surface area (Å²) < 4.78 is 1.54. The summed E-state index contributed by atoms with van der Waals surface area (Å²) in [6.07, 6.45) is 0.631. The topological polar surface area (TPSA) is 54.0 Å². The van der Waals surface area contributed by atoms with Gasteiger partial charge in [-0.3, -0.25) is 0 Å². The Hall–Kier alpha value is -2.09. The van der Waals surface area contributed by atoms with Crippen molar-refractivity contribution < 1.29 is 0 Å². The van der Waals surface area contributed by atoms with Crippen molar-refractivity contribution in [2.75, 3.05) is 0 Å². The molecule has 0 aliphatic carbocycles. The third-order valence-electron chi connectivity index (χ3n) is 3.59. The minimum absolute atomic E-state index is 0.461. The smallest absolute Gasteiger partial charge is 0.175 e. The van der Waals surface area contributed by atoms with E-state index in [1.165, 1.54) is 4.52 Å². The lowest BCUT2D eigenvalue weighted by Crippen LogP contribution is -2.03. The van der Waals surface area contributed by atoms with Crippen molar-refractivity contribution in [3.05, 3.63) is 62.5 Å². The summed E-state index contributed by atoms with van der Waals surface area (Å²) in [5, 5.41) is 14.7. The van der Waals surface area contributed by atoms with Crippen molar-refractivity contribution in [2.24, 2.45) is 0 Å². The zero-order valence-electron chi connectivity index (χ0n) is 12.1. The molecule has 0 saturated heterocycles. The van der Waals surface area contributed by atoms with E-state index in [4.69, 9.17) is 23.2 Å². The average Bonchev–Trinajstić information content (AvgIpc) is 2.81. The molecule has 0 N–H and O–H groups in total. The van der Waals surface area contributed by atoms with Gasteiger partial charge in [-0.25, -0.2) is 9.50 Å². The summed E-state index contributed by atoms with van der Waals surface area (Å²) >= 11 is 12.4. The minimum Gasteiger partial charge on any atom is -0.232 e. The van der Waals surface area contributed by atoms with E-state index in [0.717, 1.165) is 16.8 Å². The highest BCUT2D eigenvalue weighted by molar-refractivity contribution is 6.31. The third-order valence-corrected chi connectivity index (χ3v) is 4.23. The fraction of sp³-hybridized carbons (Fsp3) is 0.188. The van der Waals surface area contributed by atoms with Crippen LogP contribution in [-0.2, 0) is 6.42 Å². The van der Waals surface area contributed by atoms with Crippen molar-refractivity contribution in [2.45, 2.75) is 20.3 Å². The first-order valence-corrected chi connectivity index (χ1v) is 7.45. The van der Waals surface area contributed by atoms with Crippen LogP contribution in [0.2, 0.25) is 10.2 Å². The number of aryl methyl sites for hydroxylation is 2. The van der Waals surface area contributed by atoms with E-state index >= 15 is 0 Å². The molecule has 0 bridgehead atoms. The molecular weight excluding hydrogens is 319 g/mol. The fourth-order valence-corrected chi connectivity index (χ4v) is 2.84. The van der Waals surface area contributed by atoms with Gasteiger partial charge in [0.2, 0.25) is 0 Å². The van der Waals surface area contributed by atoms with Gasteiger partial charge in [0.25, 0.3) is 0 Å². The predicted octanol–water partition coefficient (Wildman–Crippen LogP) is 4.12. The van der Waals surface area contributed by atoms with Crippen LogP contribution in [0.5, 0.6) is 0 Å². The van der Waals surface area contributed by atoms with Crippen molar-refractivity contribution >= 4 is 28.8 Å². The molecule has 0 amide bonds. The van der Waals surface area contributed by atoms with Crippen molar-refractivity contribution in [3.63, 3.8) is 0 Å². The summed E-state index contributed by atoms with van der Waals surface area (Å²) in [4.78, 5) is 4.51. The van der Waals surface area contributed by atoms with Gasteiger partial charge in [-0.15, -0.1) is 0 Å². The predicted molar refractivity (Wildman–Crippen MR) is 86.4 cm³/mol. The van der Waals surface area contributed by atoms with Crippen LogP contribution in [0.4, 0.5) is 0 Å². The first-order valence-electron chi connectivity index (χ1n) is 6.70. The van der Waals surface area contributed by atoms with Crippen molar-refractivity contribution in [1.82, 2.24) is 14.6 Å². The standard InChI is InChI=1S/C16H12Cl2N4/c1-9-13(7-11-3-5-12(17)6-4-11)15(18)22-16(20-9)14(8-19)10(2)21-22/h3-6H,7H2,1-2H3. The van der Waals surface area contributed by atoms with Gasteiger partial charge in [0.15, 0.2) is 5.65 Å². The van der Waals surface area contributed by atoms with Gasteiger partial charge in [0, 0.05) is 22.7 Å². The maximum Gasteiger partial charge on any atom is 0.175 e. The highest BCUT2D eigenvalue weighted by atomic mass is 35.5. The van der Waals surface area contributed by atoms with Gasteiger partial charge in [-0.2, -0.15) is 10.4 Å². The second-order valence-electron chi connectivity index (χ2n) is 5.08. The number of aromatic nitrogens is 3. The Morgan fingerprint density at radius 2 is 1.82 bits per heavy atom. The molecule has 1 aromatic carbocycles. The fourth-order valence-electron chi connectivity index (χ4n) is 2.40. The first-order chi connectivity index (χ1) is 10.5.